The molecule has 0 N–H and O–H groups in total. The first kappa shape index (κ1) is 15.0. The van der Waals surface area contributed by atoms with E-state index in [1.807, 2.05) is 0 Å². The molecule has 0 aliphatic heterocycles. The lowest BCUT2D eigenvalue weighted by atomic mass is 10.1. The second-order valence-electron chi connectivity index (χ2n) is 3.68. The van der Waals surface area contributed by atoms with Gasteiger partial charge in [0.2, 0.25) is 0 Å². The summed E-state index contributed by atoms with van der Waals surface area (Å²) in [7, 11) is 1.38. The summed E-state index contributed by atoms with van der Waals surface area (Å²) in [6.07, 6.45) is 0.397. The van der Waals surface area contributed by atoms with E-state index in [-0.39, 0.29) is 29.4 Å². The number of ether oxygens (including phenoxy) is 2. The van der Waals surface area contributed by atoms with E-state index < -0.39 is 4.92 Å². The van der Waals surface area contributed by atoms with Crippen LogP contribution in [0.4, 0.5) is 5.69 Å². The van der Waals surface area contributed by atoms with Crippen LogP contribution in [-0.4, -0.2) is 24.9 Å². The highest BCUT2D eigenvalue weighted by Gasteiger charge is 2.19. The van der Waals surface area contributed by atoms with Gasteiger partial charge in [0.25, 0.3) is 5.69 Å². The molecule has 6 nitrogen and oxygen atoms in total. The Balaban J connectivity index is 3.18. The van der Waals surface area contributed by atoms with Crippen molar-refractivity contribution in [2.45, 2.75) is 6.92 Å². The average Bonchev–Trinajstić information content (AvgIpc) is 2.43. The number of hydrogen-bond donors (Lipinski definition) is 0. The van der Waals surface area contributed by atoms with E-state index in [1.54, 1.807) is 6.92 Å². The lowest BCUT2D eigenvalue weighted by Gasteiger charge is -2.11. The van der Waals surface area contributed by atoms with Gasteiger partial charge in [-0.05, 0) is 12.5 Å². The van der Waals surface area contributed by atoms with Crippen LogP contribution in [0.15, 0.2) is 23.2 Å². The zero-order valence-electron chi connectivity index (χ0n) is 10.4. The Morgan fingerprint density at radius 3 is 2.63 bits per heavy atom. The van der Waals surface area contributed by atoms with Crippen molar-refractivity contribution in [2.75, 3.05) is 13.7 Å². The van der Waals surface area contributed by atoms with Gasteiger partial charge < -0.3 is 9.47 Å². The Kier molecular flexibility index (Phi) is 5.32. The first-order valence-corrected chi connectivity index (χ1v) is 5.67. The van der Waals surface area contributed by atoms with Crippen molar-refractivity contribution in [3.63, 3.8) is 0 Å². The van der Waals surface area contributed by atoms with Crippen molar-refractivity contribution in [1.29, 1.82) is 0 Å². The fourth-order valence-electron chi connectivity index (χ4n) is 1.31. The molecule has 0 unspecified atom stereocenters. The molecule has 0 saturated heterocycles. The molecule has 0 saturated carbocycles. The van der Waals surface area contributed by atoms with Crippen molar-refractivity contribution >= 4 is 23.6 Å². The normalized spacial score (nSPS) is 11.0. The number of nitro groups is 1. The van der Waals surface area contributed by atoms with Crippen LogP contribution in [0, 0.1) is 10.1 Å². The topological polar surface area (TPSA) is 78.7 Å². The minimum Gasteiger partial charge on any atom is -0.493 e. The fourth-order valence-corrected chi connectivity index (χ4v) is 1.38. The van der Waals surface area contributed by atoms with Gasteiger partial charge in [-0.1, -0.05) is 11.6 Å². The highest BCUT2D eigenvalue weighted by molar-refractivity contribution is 6.25. The number of nitrogens with zero attached hydrogens (tertiary/aromatic N) is 1. The predicted molar refractivity (Wildman–Crippen MR) is 70.1 cm³/mol. The van der Waals surface area contributed by atoms with Crippen molar-refractivity contribution in [3.8, 4) is 11.5 Å². The molecule has 0 heterocycles. The number of carbonyl (C=O) groups is 1. The number of carbonyl (C=O) groups excluding carboxylic acids is 1. The second kappa shape index (κ2) is 6.75. The highest BCUT2D eigenvalue weighted by atomic mass is 35.5. The van der Waals surface area contributed by atoms with E-state index in [0.717, 1.165) is 11.6 Å². The van der Waals surface area contributed by atoms with Crippen molar-refractivity contribution in [3.05, 3.63) is 38.9 Å². The van der Waals surface area contributed by atoms with Gasteiger partial charge in [-0.2, -0.15) is 0 Å². The lowest BCUT2D eigenvalue weighted by molar-refractivity contribution is -0.385. The van der Waals surface area contributed by atoms with E-state index in [1.165, 1.54) is 18.7 Å². The van der Waals surface area contributed by atoms with Gasteiger partial charge in [0, 0.05) is 11.6 Å². The van der Waals surface area contributed by atoms with Gasteiger partial charge in [-0.3, -0.25) is 14.9 Å². The Labute approximate surface area is 114 Å². The van der Waals surface area contributed by atoms with E-state index in [0.29, 0.717) is 6.29 Å². The van der Waals surface area contributed by atoms with Gasteiger partial charge in [0.15, 0.2) is 17.8 Å². The fraction of sp³-hybridized carbons (Fsp3) is 0.250. The first-order chi connectivity index (χ1) is 9.03. The maximum absolute atomic E-state index is 10.8. The predicted octanol–water partition coefficient (Wildman–Crippen LogP) is 2.94. The highest BCUT2D eigenvalue weighted by Crippen LogP contribution is 2.34. The average molecular weight is 286 g/mol. The van der Waals surface area contributed by atoms with Crippen LogP contribution in [0.3, 0.4) is 0 Å². The van der Waals surface area contributed by atoms with Crippen LogP contribution in [0.2, 0.25) is 0 Å². The molecule has 0 radical (unpaired) electrons. The molecule has 102 valence electrons. The summed E-state index contributed by atoms with van der Waals surface area (Å²) in [5.41, 5.74) is 1.68. The van der Waals surface area contributed by atoms with Crippen LogP contribution in [0.25, 0.3) is 0 Å². The van der Waals surface area contributed by atoms with Gasteiger partial charge in [0.1, 0.15) is 6.61 Å². The zero-order chi connectivity index (χ0) is 14.4. The number of rotatable bonds is 6. The van der Waals surface area contributed by atoms with E-state index in [9.17, 15) is 14.9 Å². The third kappa shape index (κ3) is 3.69. The number of nitro benzene ring substituents is 1. The summed E-state index contributed by atoms with van der Waals surface area (Å²) in [4.78, 5) is 21.0. The molecule has 1 aromatic carbocycles. The minimum atomic E-state index is -0.653. The van der Waals surface area contributed by atoms with Crippen molar-refractivity contribution in [1.82, 2.24) is 0 Å². The molecule has 0 aliphatic carbocycles. The van der Waals surface area contributed by atoms with Crippen LogP contribution in [0.5, 0.6) is 11.5 Å². The SMILES string of the molecule is COc1cc(C=O)c([N+](=O)[O-])cc1OC/C(C)=C/Cl. The largest absolute Gasteiger partial charge is 0.493 e. The molecule has 1 aromatic rings. The summed E-state index contributed by atoms with van der Waals surface area (Å²) in [5, 5.41) is 10.8. The van der Waals surface area contributed by atoms with Crippen molar-refractivity contribution < 1.29 is 19.2 Å². The molecule has 0 bridgehead atoms. The lowest BCUT2D eigenvalue weighted by Crippen LogP contribution is -2.03. The molecular formula is C12H12ClNO5. The number of methoxy groups -OCH3 is 1. The zero-order valence-corrected chi connectivity index (χ0v) is 11.1. The summed E-state index contributed by atoms with van der Waals surface area (Å²) in [6, 6.07) is 2.42. The Morgan fingerprint density at radius 2 is 2.16 bits per heavy atom. The van der Waals surface area contributed by atoms with Crippen LogP contribution in [-0.2, 0) is 0 Å². The van der Waals surface area contributed by atoms with E-state index in [2.05, 4.69) is 0 Å². The summed E-state index contributed by atoms with van der Waals surface area (Å²) < 4.78 is 10.4. The minimum absolute atomic E-state index is 0.0705. The summed E-state index contributed by atoms with van der Waals surface area (Å²) in [5.74, 6) is 0.424. The molecule has 19 heavy (non-hydrogen) atoms. The third-order valence-electron chi connectivity index (χ3n) is 2.28. The Hall–Kier alpha value is -2.08. The molecule has 0 amide bonds. The molecule has 1 rings (SSSR count). The first-order valence-electron chi connectivity index (χ1n) is 5.23. The summed E-state index contributed by atoms with van der Waals surface area (Å²) in [6.45, 7) is 1.91. The van der Waals surface area contributed by atoms with Crippen LogP contribution < -0.4 is 9.47 Å². The molecule has 0 fully saturated rings. The smallest absolute Gasteiger partial charge is 0.283 e. The molecule has 7 heteroatoms. The monoisotopic (exact) mass is 285 g/mol. The summed E-state index contributed by atoms with van der Waals surface area (Å²) >= 11 is 5.49. The van der Waals surface area contributed by atoms with Gasteiger partial charge in [-0.15, -0.1) is 0 Å². The van der Waals surface area contributed by atoms with Crippen molar-refractivity contribution in [2.24, 2.45) is 0 Å². The van der Waals surface area contributed by atoms with Gasteiger partial charge in [0.05, 0.1) is 23.7 Å². The van der Waals surface area contributed by atoms with Crippen LogP contribution in [0.1, 0.15) is 17.3 Å². The maximum Gasteiger partial charge on any atom is 0.283 e. The number of halogens is 1. The quantitative estimate of drug-likeness (QED) is 0.456. The van der Waals surface area contributed by atoms with Crippen LogP contribution >= 0.6 is 11.6 Å². The van der Waals surface area contributed by atoms with E-state index >= 15 is 0 Å². The van der Waals surface area contributed by atoms with E-state index in [4.69, 9.17) is 21.1 Å². The Morgan fingerprint density at radius 1 is 1.47 bits per heavy atom. The number of aldehydes is 1. The molecule has 0 atom stereocenters. The van der Waals surface area contributed by atoms with Gasteiger partial charge >= 0.3 is 0 Å². The molecular weight excluding hydrogens is 274 g/mol. The molecule has 0 spiro atoms. The Bertz CT molecular complexity index is 527. The number of hydrogen-bond acceptors (Lipinski definition) is 5. The maximum atomic E-state index is 10.8. The number of benzene rings is 1. The molecule has 0 aliphatic rings. The third-order valence-corrected chi connectivity index (χ3v) is 2.65. The van der Waals surface area contributed by atoms with Gasteiger partial charge in [-0.25, -0.2) is 0 Å². The second-order valence-corrected chi connectivity index (χ2v) is 3.90. The molecule has 0 aromatic heterocycles. The standard InChI is InChI=1S/C12H12ClNO5/c1-8(5-13)7-19-12-4-10(14(16)17)9(6-15)3-11(12)18-2/h3-6H,7H2,1-2H3/b8-5+.